The second kappa shape index (κ2) is 10.5. The normalized spacial score (nSPS) is 10.1. The fourth-order valence-corrected chi connectivity index (χ4v) is 5.03. The van der Waals surface area contributed by atoms with E-state index in [1.807, 2.05) is 72.8 Å². The molecule has 6 heteroatoms. The van der Waals surface area contributed by atoms with Crippen molar-refractivity contribution in [3.8, 4) is 35.1 Å². The molecule has 0 N–H and O–H groups in total. The van der Waals surface area contributed by atoms with Crippen LogP contribution >= 0.6 is 21.6 Å². The number of nitriles is 2. The van der Waals surface area contributed by atoms with Gasteiger partial charge in [0.1, 0.15) is 35.1 Å². The summed E-state index contributed by atoms with van der Waals surface area (Å²) in [7, 11) is 3.06. The van der Waals surface area contributed by atoms with Crippen LogP contribution in [0, 0.1) is 22.7 Å². The molecular weight excluding hydrogens is 436 g/mol. The van der Waals surface area contributed by atoms with Gasteiger partial charge < -0.3 is 9.47 Å². The fourth-order valence-electron chi connectivity index (χ4n) is 2.83. The Hall–Kier alpha value is -3.84. The molecule has 0 bridgehead atoms. The van der Waals surface area contributed by atoms with Crippen LogP contribution in [0.15, 0.2) is 107 Å². The molecule has 32 heavy (non-hydrogen) atoms. The van der Waals surface area contributed by atoms with Gasteiger partial charge >= 0.3 is 0 Å². The molecule has 0 unspecified atom stereocenters. The van der Waals surface area contributed by atoms with Crippen LogP contribution in [0.2, 0.25) is 0 Å². The summed E-state index contributed by atoms with van der Waals surface area (Å²) < 4.78 is 12.1. The third-order valence-corrected chi connectivity index (χ3v) is 6.82. The van der Waals surface area contributed by atoms with E-state index in [1.165, 1.54) is 21.6 Å². The molecule has 0 saturated heterocycles. The number of para-hydroxylation sites is 4. The number of ether oxygens (including phenoxy) is 2. The smallest absolute Gasteiger partial charge is 0.145 e. The molecule has 0 aliphatic rings. The molecule has 4 rings (SSSR count). The minimum Gasteiger partial charge on any atom is -0.455 e. The summed E-state index contributed by atoms with van der Waals surface area (Å²) in [4.78, 5) is 1.83. The summed E-state index contributed by atoms with van der Waals surface area (Å²) >= 11 is 0. The lowest BCUT2D eigenvalue weighted by atomic mass is 10.2. The molecule has 154 valence electrons. The van der Waals surface area contributed by atoms with Gasteiger partial charge in [-0.1, -0.05) is 48.5 Å². The molecule has 0 aliphatic heterocycles. The SMILES string of the molecule is N#Cc1ccccc1Oc1ccccc1SSc1ccccc1Oc1ccccc1C#N. The summed E-state index contributed by atoms with van der Waals surface area (Å²) in [6, 6.07) is 34.0. The first-order valence-electron chi connectivity index (χ1n) is 9.65. The van der Waals surface area contributed by atoms with Crippen molar-refractivity contribution in [2.45, 2.75) is 9.79 Å². The van der Waals surface area contributed by atoms with Gasteiger partial charge in [0.05, 0.1) is 20.9 Å². The maximum atomic E-state index is 9.33. The average molecular weight is 453 g/mol. The van der Waals surface area contributed by atoms with Crippen LogP contribution in [0.25, 0.3) is 0 Å². The zero-order valence-electron chi connectivity index (χ0n) is 16.8. The van der Waals surface area contributed by atoms with Crippen molar-refractivity contribution >= 4 is 21.6 Å². The zero-order chi connectivity index (χ0) is 22.2. The van der Waals surface area contributed by atoms with E-state index in [4.69, 9.17) is 9.47 Å². The minimum atomic E-state index is 0.481. The van der Waals surface area contributed by atoms with E-state index < -0.39 is 0 Å². The molecule has 0 atom stereocenters. The predicted octanol–water partition coefficient (Wildman–Crippen LogP) is 7.81. The van der Waals surface area contributed by atoms with Crippen LogP contribution in [0.5, 0.6) is 23.0 Å². The van der Waals surface area contributed by atoms with Gasteiger partial charge in [-0.25, -0.2) is 0 Å². The molecule has 0 saturated carbocycles. The second-order valence-electron chi connectivity index (χ2n) is 6.48. The Kier molecular flexibility index (Phi) is 6.99. The van der Waals surface area contributed by atoms with Crippen molar-refractivity contribution in [3.05, 3.63) is 108 Å². The molecule has 0 heterocycles. The number of hydrogen-bond acceptors (Lipinski definition) is 6. The van der Waals surface area contributed by atoms with Gasteiger partial charge in [0, 0.05) is 0 Å². The van der Waals surface area contributed by atoms with Gasteiger partial charge in [0.25, 0.3) is 0 Å². The highest BCUT2D eigenvalue weighted by Crippen LogP contribution is 2.46. The standard InChI is InChI=1S/C26H16N2O2S2/c27-17-19-9-1-3-11-21(19)29-23-13-5-7-15-25(23)31-32-26-16-8-6-14-24(26)30-22-12-4-2-10-20(22)18-28/h1-16H. The molecule has 4 aromatic carbocycles. The van der Waals surface area contributed by atoms with Gasteiger partial charge in [-0.15, -0.1) is 0 Å². The van der Waals surface area contributed by atoms with Gasteiger partial charge in [0.15, 0.2) is 0 Å². The Morgan fingerprint density at radius 1 is 0.469 bits per heavy atom. The minimum absolute atomic E-state index is 0.481. The van der Waals surface area contributed by atoms with Gasteiger partial charge in [-0.2, -0.15) is 10.5 Å². The van der Waals surface area contributed by atoms with Crippen molar-refractivity contribution in [3.63, 3.8) is 0 Å². The van der Waals surface area contributed by atoms with E-state index in [0.717, 1.165) is 9.79 Å². The third kappa shape index (κ3) is 5.07. The van der Waals surface area contributed by atoms with Crippen LogP contribution in [0.3, 0.4) is 0 Å². The van der Waals surface area contributed by atoms with Crippen LogP contribution < -0.4 is 9.47 Å². The van der Waals surface area contributed by atoms with Crippen LogP contribution in [0.4, 0.5) is 0 Å². The lowest BCUT2D eigenvalue weighted by molar-refractivity contribution is 0.469. The highest BCUT2D eigenvalue weighted by Gasteiger charge is 2.12. The molecule has 0 radical (unpaired) electrons. The Labute approximate surface area is 194 Å². The monoisotopic (exact) mass is 452 g/mol. The van der Waals surface area contributed by atoms with E-state index in [9.17, 15) is 10.5 Å². The van der Waals surface area contributed by atoms with Crippen molar-refractivity contribution in [2.24, 2.45) is 0 Å². The lowest BCUT2D eigenvalue weighted by Gasteiger charge is -2.13. The van der Waals surface area contributed by atoms with Gasteiger partial charge in [0.2, 0.25) is 0 Å². The molecule has 0 amide bonds. The molecular formula is C26H16N2O2S2. The summed E-state index contributed by atoms with van der Waals surface area (Å²) in [6.07, 6.45) is 0. The van der Waals surface area contributed by atoms with Crippen LogP contribution in [-0.2, 0) is 0 Å². The average Bonchev–Trinajstić information content (AvgIpc) is 2.85. The Morgan fingerprint density at radius 2 is 0.812 bits per heavy atom. The zero-order valence-corrected chi connectivity index (χ0v) is 18.4. The fraction of sp³-hybridized carbons (Fsp3) is 0. The summed E-state index contributed by atoms with van der Waals surface area (Å²) in [5.74, 6) is 2.37. The quantitative estimate of drug-likeness (QED) is 0.266. The van der Waals surface area contributed by atoms with E-state index in [1.54, 1.807) is 24.3 Å². The Bertz CT molecular complexity index is 1220. The van der Waals surface area contributed by atoms with Gasteiger partial charge in [-0.05, 0) is 70.1 Å². The number of benzene rings is 4. The van der Waals surface area contributed by atoms with Crippen molar-refractivity contribution in [1.29, 1.82) is 10.5 Å². The Morgan fingerprint density at radius 3 is 1.22 bits per heavy atom. The first-order valence-corrected chi connectivity index (χ1v) is 11.8. The maximum absolute atomic E-state index is 9.33. The molecule has 4 aromatic rings. The number of nitrogens with zero attached hydrogens (tertiary/aromatic N) is 2. The number of hydrogen-bond donors (Lipinski definition) is 0. The highest BCUT2D eigenvalue weighted by atomic mass is 33.1. The summed E-state index contributed by atoms with van der Waals surface area (Å²) in [5, 5.41) is 18.7. The first kappa shape index (κ1) is 21.4. The topological polar surface area (TPSA) is 66.0 Å². The molecule has 0 fully saturated rings. The third-order valence-electron chi connectivity index (χ3n) is 4.37. The molecule has 0 aliphatic carbocycles. The van der Waals surface area contributed by atoms with Crippen molar-refractivity contribution in [1.82, 2.24) is 0 Å². The van der Waals surface area contributed by atoms with Crippen LogP contribution in [-0.4, -0.2) is 0 Å². The van der Waals surface area contributed by atoms with Crippen molar-refractivity contribution < 1.29 is 9.47 Å². The first-order chi connectivity index (χ1) is 15.8. The molecule has 4 nitrogen and oxygen atoms in total. The van der Waals surface area contributed by atoms with Crippen LogP contribution in [0.1, 0.15) is 11.1 Å². The largest absolute Gasteiger partial charge is 0.455 e. The molecule has 0 aromatic heterocycles. The van der Waals surface area contributed by atoms with Crippen molar-refractivity contribution in [2.75, 3.05) is 0 Å². The number of rotatable bonds is 7. The predicted molar refractivity (Wildman–Crippen MR) is 127 cm³/mol. The Balaban J connectivity index is 1.54. The van der Waals surface area contributed by atoms with E-state index in [0.29, 0.717) is 34.1 Å². The highest BCUT2D eigenvalue weighted by molar-refractivity contribution is 8.76. The summed E-state index contributed by atoms with van der Waals surface area (Å²) in [5.41, 5.74) is 0.963. The van der Waals surface area contributed by atoms with Gasteiger partial charge in [-0.3, -0.25) is 0 Å². The van der Waals surface area contributed by atoms with E-state index in [2.05, 4.69) is 12.1 Å². The maximum Gasteiger partial charge on any atom is 0.145 e. The lowest BCUT2D eigenvalue weighted by Crippen LogP contribution is -1.90. The second-order valence-corrected chi connectivity index (χ2v) is 8.69. The van der Waals surface area contributed by atoms with E-state index >= 15 is 0 Å². The molecule has 0 spiro atoms. The summed E-state index contributed by atoms with van der Waals surface area (Å²) in [6.45, 7) is 0. The van der Waals surface area contributed by atoms with E-state index in [-0.39, 0.29) is 0 Å².